The van der Waals surface area contributed by atoms with Gasteiger partial charge in [-0.25, -0.2) is 8.78 Å². The molecule has 4 nitrogen and oxygen atoms in total. The van der Waals surface area contributed by atoms with Crippen LogP contribution >= 0.6 is 0 Å². The lowest BCUT2D eigenvalue weighted by atomic mass is 9.79. The summed E-state index contributed by atoms with van der Waals surface area (Å²) in [6, 6.07) is 2.74. The summed E-state index contributed by atoms with van der Waals surface area (Å²) in [6.07, 6.45) is 3.12. The molecular formula is C15H17F2NO3. The minimum Gasteiger partial charge on any atom is -0.481 e. The van der Waals surface area contributed by atoms with Gasteiger partial charge in [-0.1, -0.05) is 12.8 Å². The van der Waals surface area contributed by atoms with Crippen LogP contribution in [-0.2, 0) is 4.79 Å². The Bertz CT molecular complexity index is 548. The summed E-state index contributed by atoms with van der Waals surface area (Å²) in [4.78, 5) is 23.0. The summed E-state index contributed by atoms with van der Waals surface area (Å²) in [7, 11) is 0. The average molecular weight is 297 g/mol. The lowest BCUT2D eigenvalue weighted by Crippen LogP contribution is -2.37. The molecule has 0 spiro atoms. The van der Waals surface area contributed by atoms with Crippen molar-refractivity contribution in [3.8, 4) is 0 Å². The summed E-state index contributed by atoms with van der Waals surface area (Å²) >= 11 is 0. The Balaban J connectivity index is 1.98. The monoisotopic (exact) mass is 297 g/mol. The average Bonchev–Trinajstić information content (AvgIpc) is 2.45. The molecule has 2 rings (SSSR count). The van der Waals surface area contributed by atoms with Crippen molar-refractivity contribution < 1.29 is 23.5 Å². The standard InChI is InChI=1S/C15H17F2NO3/c16-10-5-6-12(13(17)7-10)14(19)18-8-9-3-1-2-4-11(9)15(20)21/h5-7,9,11H,1-4,8H2,(H,18,19)(H,20,21)/t9-,11-/m0/s1. The Kier molecular flexibility index (Phi) is 4.88. The van der Waals surface area contributed by atoms with Crippen molar-refractivity contribution in [3.63, 3.8) is 0 Å². The maximum Gasteiger partial charge on any atom is 0.306 e. The third kappa shape index (κ3) is 3.77. The molecule has 0 saturated heterocycles. The second-order valence-electron chi connectivity index (χ2n) is 5.32. The van der Waals surface area contributed by atoms with E-state index in [1.165, 1.54) is 0 Å². The van der Waals surface area contributed by atoms with Gasteiger partial charge < -0.3 is 10.4 Å². The number of amides is 1. The van der Waals surface area contributed by atoms with Crippen LogP contribution < -0.4 is 5.32 Å². The maximum atomic E-state index is 13.5. The number of hydrogen-bond acceptors (Lipinski definition) is 2. The molecule has 1 aromatic carbocycles. The van der Waals surface area contributed by atoms with Crippen molar-refractivity contribution in [2.45, 2.75) is 25.7 Å². The molecule has 6 heteroatoms. The molecule has 0 bridgehead atoms. The van der Waals surface area contributed by atoms with E-state index in [1.807, 2.05) is 0 Å². The second-order valence-corrected chi connectivity index (χ2v) is 5.32. The number of benzene rings is 1. The zero-order valence-electron chi connectivity index (χ0n) is 11.4. The Morgan fingerprint density at radius 2 is 1.95 bits per heavy atom. The van der Waals surface area contributed by atoms with Gasteiger partial charge in [0.25, 0.3) is 5.91 Å². The van der Waals surface area contributed by atoms with Crippen molar-refractivity contribution in [3.05, 3.63) is 35.4 Å². The van der Waals surface area contributed by atoms with Gasteiger partial charge in [-0.15, -0.1) is 0 Å². The number of carbonyl (C=O) groups is 2. The smallest absolute Gasteiger partial charge is 0.306 e. The molecule has 114 valence electrons. The highest BCUT2D eigenvalue weighted by Crippen LogP contribution is 2.29. The van der Waals surface area contributed by atoms with Crippen molar-refractivity contribution in [1.29, 1.82) is 0 Å². The zero-order chi connectivity index (χ0) is 15.4. The predicted molar refractivity (Wildman–Crippen MR) is 71.8 cm³/mol. The van der Waals surface area contributed by atoms with Gasteiger partial charge in [-0.2, -0.15) is 0 Å². The molecule has 0 aliphatic heterocycles. The third-order valence-electron chi connectivity index (χ3n) is 3.93. The highest BCUT2D eigenvalue weighted by atomic mass is 19.1. The van der Waals surface area contributed by atoms with Crippen molar-refractivity contribution >= 4 is 11.9 Å². The van der Waals surface area contributed by atoms with E-state index in [0.29, 0.717) is 12.5 Å². The third-order valence-corrected chi connectivity index (χ3v) is 3.93. The first-order valence-electron chi connectivity index (χ1n) is 6.95. The van der Waals surface area contributed by atoms with Crippen LogP contribution in [0.1, 0.15) is 36.0 Å². The number of carbonyl (C=O) groups excluding carboxylic acids is 1. The van der Waals surface area contributed by atoms with Crippen molar-refractivity contribution in [2.75, 3.05) is 6.54 Å². The van der Waals surface area contributed by atoms with Gasteiger partial charge in [-0.05, 0) is 30.9 Å². The van der Waals surface area contributed by atoms with E-state index < -0.39 is 29.4 Å². The number of carboxylic acids is 1. The Morgan fingerprint density at radius 1 is 1.24 bits per heavy atom. The SMILES string of the molecule is O=C(NC[C@@H]1CCCC[C@@H]1C(=O)O)c1ccc(F)cc1F. The van der Waals surface area contributed by atoms with Crippen LogP contribution in [0.5, 0.6) is 0 Å². The number of aliphatic carboxylic acids is 1. The van der Waals surface area contributed by atoms with Gasteiger partial charge >= 0.3 is 5.97 Å². The number of hydrogen-bond donors (Lipinski definition) is 2. The molecule has 1 aromatic rings. The van der Waals surface area contributed by atoms with Crippen LogP contribution in [0.25, 0.3) is 0 Å². The Morgan fingerprint density at radius 3 is 2.62 bits per heavy atom. The molecule has 0 aromatic heterocycles. The number of carboxylic acid groups (broad SMARTS) is 1. The number of nitrogens with one attached hydrogen (secondary N) is 1. The van der Waals surface area contributed by atoms with E-state index in [-0.39, 0.29) is 18.0 Å². The molecule has 0 unspecified atom stereocenters. The molecule has 0 radical (unpaired) electrons. The molecule has 2 atom stereocenters. The van der Waals surface area contributed by atoms with Gasteiger partial charge in [-0.3, -0.25) is 9.59 Å². The fourth-order valence-electron chi connectivity index (χ4n) is 2.77. The highest BCUT2D eigenvalue weighted by Gasteiger charge is 2.31. The summed E-state index contributed by atoms with van der Waals surface area (Å²) in [5.41, 5.74) is -0.237. The molecule has 1 amide bonds. The van der Waals surface area contributed by atoms with Gasteiger partial charge in [0.05, 0.1) is 11.5 Å². The Labute approximate surface area is 121 Å². The number of rotatable bonds is 4. The molecule has 1 fully saturated rings. The lowest BCUT2D eigenvalue weighted by Gasteiger charge is -2.28. The maximum absolute atomic E-state index is 13.5. The number of halogens is 2. The van der Waals surface area contributed by atoms with E-state index in [4.69, 9.17) is 5.11 Å². The minimum atomic E-state index is -0.925. The molecule has 0 heterocycles. The van der Waals surface area contributed by atoms with Crippen LogP contribution in [0.4, 0.5) is 8.78 Å². The summed E-state index contributed by atoms with van der Waals surface area (Å²) in [6.45, 7) is 0.187. The van der Waals surface area contributed by atoms with E-state index in [2.05, 4.69) is 5.32 Å². The Hall–Kier alpha value is -1.98. The van der Waals surface area contributed by atoms with Crippen molar-refractivity contribution in [2.24, 2.45) is 11.8 Å². The van der Waals surface area contributed by atoms with E-state index >= 15 is 0 Å². The second kappa shape index (κ2) is 6.65. The minimum absolute atomic E-state index is 0.149. The van der Waals surface area contributed by atoms with Gasteiger partial charge in [0.15, 0.2) is 0 Å². The topological polar surface area (TPSA) is 66.4 Å². The van der Waals surface area contributed by atoms with Gasteiger partial charge in [0, 0.05) is 12.6 Å². The van der Waals surface area contributed by atoms with E-state index in [0.717, 1.165) is 31.4 Å². The first-order chi connectivity index (χ1) is 9.99. The largest absolute Gasteiger partial charge is 0.481 e. The molecule has 1 saturated carbocycles. The first-order valence-corrected chi connectivity index (χ1v) is 6.95. The predicted octanol–water partition coefficient (Wildman–Crippen LogP) is 2.59. The normalized spacial score (nSPS) is 21.8. The fraction of sp³-hybridized carbons (Fsp3) is 0.467. The quantitative estimate of drug-likeness (QED) is 0.897. The van der Waals surface area contributed by atoms with Crippen LogP contribution in [0.2, 0.25) is 0 Å². The molecular weight excluding hydrogens is 280 g/mol. The van der Waals surface area contributed by atoms with Gasteiger partial charge in [0.2, 0.25) is 0 Å². The van der Waals surface area contributed by atoms with Crippen LogP contribution in [-0.4, -0.2) is 23.5 Å². The summed E-state index contributed by atoms with van der Waals surface area (Å²) in [5, 5.41) is 11.7. The van der Waals surface area contributed by atoms with E-state index in [1.54, 1.807) is 0 Å². The van der Waals surface area contributed by atoms with Crippen molar-refractivity contribution in [1.82, 2.24) is 5.32 Å². The van der Waals surface area contributed by atoms with E-state index in [9.17, 15) is 18.4 Å². The van der Waals surface area contributed by atoms with Gasteiger partial charge in [0.1, 0.15) is 11.6 Å². The highest BCUT2D eigenvalue weighted by molar-refractivity contribution is 5.94. The summed E-state index contributed by atoms with van der Waals surface area (Å²) < 4.78 is 26.3. The van der Waals surface area contributed by atoms with Crippen LogP contribution in [0.15, 0.2) is 18.2 Å². The molecule has 2 N–H and O–H groups in total. The lowest BCUT2D eigenvalue weighted by molar-refractivity contribution is -0.144. The fourth-order valence-corrected chi connectivity index (χ4v) is 2.77. The van der Waals surface area contributed by atoms with Crippen LogP contribution in [0, 0.1) is 23.5 Å². The first kappa shape index (κ1) is 15.4. The molecule has 1 aliphatic carbocycles. The zero-order valence-corrected chi connectivity index (χ0v) is 11.4. The molecule has 21 heavy (non-hydrogen) atoms. The summed E-state index contributed by atoms with van der Waals surface area (Å²) in [5.74, 6) is -3.81. The molecule has 1 aliphatic rings. The van der Waals surface area contributed by atoms with Crippen LogP contribution in [0.3, 0.4) is 0 Å².